The molecule has 2 aromatic heterocycles. The summed E-state index contributed by atoms with van der Waals surface area (Å²) in [6, 6.07) is 13.0. The molecular weight excluding hydrogens is 296 g/mol. The molecule has 0 saturated heterocycles. The number of carboxylic acid groups (broad SMARTS) is 1. The summed E-state index contributed by atoms with van der Waals surface area (Å²) in [6.07, 6.45) is 1.42. The van der Waals surface area contributed by atoms with E-state index in [1.807, 2.05) is 34.7 Å². The number of hydrogen-bond acceptors (Lipinski definition) is 4. The van der Waals surface area contributed by atoms with Crippen LogP contribution in [0.25, 0.3) is 16.9 Å². The van der Waals surface area contributed by atoms with Crippen LogP contribution in [0.15, 0.2) is 48.8 Å². The number of hydrogen-bond donors (Lipinski definition) is 2. The zero-order valence-electron chi connectivity index (χ0n) is 12.1. The Hall–Kier alpha value is -3.22. The van der Waals surface area contributed by atoms with Crippen molar-refractivity contribution >= 4 is 23.2 Å². The highest BCUT2D eigenvalue weighted by Crippen LogP contribution is 2.22. The van der Waals surface area contributed by atoms with Crippen LogP contribution in [-0.4, -0.2) is 31.6 Å². The highest BCUT2D eigenvalue weighted by Gasteiger charge is 2.07. The van der Waals surface area contributed by atoms with Crippen molar-refractivity contribution in [2.24, 2.45) is 0 Å². The first-order valence-electron chi connectivity index (χ1n) is 7.04. The Bertz CT molecular complexity index is 855. The van der Waals surface area contributed by atoms with Crippen molar-refractivity contribution in [3.8, 4) is 11.3 Å². The van der Waals surface area contributed by atoms with Crippen LogP contribution < -0.4 is 5.32 Å². The van der Waals surface area contributed by atoms with E-state index in [4.69, 9.17) is 5.11 Å². The molecule has 2 heterocycles. The molecule has 116 valence electrons. The Morgan fingerprint density at radius 2 is 1.87 bits per heavy atom. The number of aromatic nitrogens is 3. The maximum atomic E-state index is 11.6. The topological polar surface area (TPSA) is 96.6 Å². The van der Waals surface area contributed by atoms with Gasteiger partial charge in [-0.2, -0.15) is 0 Å². The molecule has 7 heteroatoms. The summed E-state index contributed by atoms with van der Waals surface area (Å²) in [5.74, 6) is -1.31. The standard InChI is InChI=1S/C16H14N4O3/c21-15(8-9-16(22)23)18-12-6-4-11(5-7-12)13-2-1-3-14-19-17-10-20(13)14/h1-7,10H,8-9H2,(H,18,21)(H,22,23). The van der Waals surface area contributed by atoms with Crippen LogP contribution in [-0.2, 0) is 9.59 Å². The van der Waals surface area contributed by atoms with Crippen molar-refractivity contribution in [1.82, 2.24) is 14.6 Å². The zero-order chi connectivity index (χ0) is 16.2. The Balaban J connectivity index is 1.76. The van der Waals surface area contributed by atoms with E-state index in [0.717, 1.165) is 16.9 Å². The molecule has 0 unspecified atom stereocenters. The molecule has 0 aliphatic rings. The Morgan fingerprint density at radius 1 is 1.09 bits per heavy atom. The molecule has 3 rings (SSSR count). The van der Waals surface area contributed by atoms with Crippen molar-refractivity contribution in [2.75, 3.05) is 5.32 Å². The van der Waals surface area contributed by atoms with Gasteiger partial charge in [0.1, 0.15) is 6.33 Å². The van der Waals surface area contributed by atoms with Gasteiger partial charge in [-0.25, -0.2) is 0 Å². The highest BCUT2D eigenvalue weighted by atomic mass is 16.4. The van der Waals surface area contributed by atoms with Crippen LogP contribution in [0, 0.1) is 0 Å². The van der Waals surface area contributed by atoms with E-state index >= 15 is 0 Å². The SMILES string of the molecule is O=C(O)CCC(=O)Nc1ccc(-c2cccc3nncn23)cc1. The van der Waals surface area contributed by atoms with Gasteiger partial charge < -0.3 is 10.4 Å². The van der Waals surface area contributed by atoms with Gasteiger partial charge in [-0.1, -0.05) is 18.2 Å². The van der Waals surface area contributed by atoms with Gasteiger partial charge in [0.25, 0.3) is 0 Å². The Kier molecular flexibility index (Phi) is 4.01. The van der Waals surface area contributed by atoms with Gasteiger partial charge in [0, 0.05) is 12.1 Å². The summed E-state index contributed by atoms with van der Waals surface area (Å²) in [6.45, 7) is 0. The third kappa shape index (κ3) is 3.34. The van der Waals surface area contributed by atoms with Gasteiger partial charge in [0.15, 0.2) is 5.65 Å². The number of rotatable bonds is 5. The largest absolute Gasteiger partial charge is 0.481 e. The molecule has 0 aliphatic carbocycles. The van der Waals surface area contributed by atoms with E-state index in [1.54, 1.807) is 18.5 Å². The smallest absolute Gasteiger partial charge is 0.303 e. The lowest BCUT2D eigenvalue weighted by Gasteiger charge is -2.07. The summed E-state index contributed by atoms with van der Waals surface area (Å²) in [5, 5.41) is 19.1. The molecule has 0 radical (unpaired) electrons. The second-order valence-electron chi connectivity index (χ2n) is 4.99. The third-order valence-electron chi connectivity index (χ3n) is 3.36. The number of carbonyl (C=O) groups excluding carboxylic acids is 1. The van der Waals surface area contributed by atoms with Crippen molar-refractivity contribution in [2.45, 2.75) is 12.8 Å². The number of nitrogens with one attached hydrogen (secondary N) is 1. The van der Waals surface area contributed by atoms with Crippen LogP contribution in [0.3, 0.4) is 0 Å². The molecule has 23 heavy (non-hydrogen) atoms. The summed E-state index contributed by atoms with van der Waals surface area (Å²) >= 11 is 0. The van der Waals surface area contributed by atoms with Crippen LogP contribution in [0.4, 0.5) is 5.69 Å². The molecule has 0 aliphatic heterocycles. The first kappa shape index (κ1) is 14.7. The number of benzene rings is 1. The van der Waals surface area contributed by atoms with Crippen molar-refractivity contribution in [3.63, 3.8) is 0 Å². The molecular formula is C16H14N4O3. The molecule has 0 saturated carbocycles. The van der Waals surface area contributed by atoms with Crippen molar-refractivity contribution in [1.29, 1.82) is 0 Å². The predicted octanol–water partition coefficient (Wildman–Crippen LogP) is 2.20. The van der Waals surface area contributed by atoms with E-state index in [-0.39, 0.29) is 18.7 Å². The van der Waals surface area contributed by atoms with Crippen LogP contribution in [0.2, 0.25) is 0 Å². The Morgan fingerprint density at radius 3 is 2.61 bits per heavy atom. The average molecular weight is 310 g/mol. The Labute approximate surface area is 131 Å². The second kappa shape index (κ2) is 6.27. The number of amides is 1. The number of anilines is 1. The van der Waals surface area contributed by atoms with E-state index in [9.17, 15) is 9.59 Å². The number of pyridine rings is 1. The molecule has 0 atom stereocenters. The first-order valence-corrected chi connectivity index (χ1v) is 7.04. The van der Waals surface area contributed by atoms with Gasteiger partial charge in [-0.15, -0.1) is 10.2 Å². The maximum Gasteiger partial charge on any atom is 0.303 e. The van der Waals surface area contributed by atoms with Gasteiger partial charge in [0.05, 0.1) is 12.1 Å². The summed E-state index contributed by atoms with van der Waals surface area (Å²) in [7, 11) is 0. The van der Waals surface area contributed by atoms with E-state index in [2.05, 4.69) is 15.5 Å². The lowest BCUT2D eigenvalue weighted by molar-refractivity contribution is -0.138. The predicted molar refractivity (Wildman–Crippen MR) is 83.9 cm³/mol. The molecule has 1 aromatic carbocycles. The van der Waals surface area contributed by atoms with E-state index < -0.39 is 5.97 Å². The minimum Gasteiger partial charge on any atom is -0.481 e. The summed E-state index contributed by atoms with van der Waals surface area (Å²) < 4.78 is 1.88. The summed E-state index contributed by atoms with van der Waals surface area (Å²) in [5.41, 5.74) is 3.28. The fourth-order valence-electron chi connectivity index (χ4n) is 2.25. The fourth-order valence-corrected chi connectivity index (χ4v) is 2.25. The number of carboxylic acids is 1. The molecule has 1 amide bonds. The lowest BCUT2D eigenvalue weighted by Crippen LogP contribution is -2.13. The van der Waals surface area contributed by atoms with Crippen LogP contribution in [0.1, 0.15) is 12.8 Å². The maximum absolute atomic E-state index is 11.6. The fraction of sp³-hybridized carbons (Fsp3) is 0.125. The first-order chi connectivity index (χ1) is 11.1. The zero-order valence-corrected chi connectivity index (χ0v) is 12.1. The van der Waals surface area contributed by atoms with Crippen LogP contribution in [0.5, 0.6) is 0 Å². The molecule has 3 aromatic rings. The van der Waals surface area contributed by atoms with Gasteiger partial charge >= 0.3 is 5.97 Å². The number of fused-ring (bicyclic) bond motifs is 1. The van der Waals surface area contributed by atoms with E-state index in [0.29, 0.717) is 5.69 Å². The van der Waals surface area contributed by atoms with Crippen molar-refractivity contribution in [3.05, 3.63) is 48.8 Å². The number of nitrogens with zero attached hydrogens (tertiary/aromatic N) is 3. The van der Waals surface area contributed by atoms with Crippen LogP contribution >= 0.6 is 0 Å². The van der Waals surface area contributed by atoms with Gasteiger partial charge in [0.2, 0.25) is 5.91 Å². The highest BCUT2D eigenvalue weighted by molar-refractivity contribution is 5.92. The molecule has 0 fully saturated rings. The monoisotopic (exact) mass is 310 g/mol. The molecule has 7 nitrogen and oxygen atoms in total. The molecule has 2 N–H and O–H groups in total. The number of aliphatic carboxylic acids is 1. The average Bonchev–Trinajstić information content (AvgIpc) is 3.02. The minimum atomic E-state index is -0.988. The minimum absolute atomic E-state index is 0.0445. The lowest BCUT2D eigenvalue weighted by atomic mass is 10.1. The number of carbonyl (C=O) groups is 2. The molecule has 0 bridgehead atoms. The normalized spacial score (nSPS) is 10.6. The van der Waals surface area contributed by atoms with Gasteiger partial charge in [-0.05, 0) is 29.8 Å². The quantitative estimate of drug-likeness (QED) is 0.753. The second-order valence-corrected chi connectivity index (χ2v) is 4.99. The summed E-state index contributed by atoms with van der Waals surface area (Å²) in [4.78, 5) is 22.1. The van der Waals surface area contributed by atoms with Crippen molar-refractivity contribution < 1.29 is 14.7 Å². The van der Waals surface area contributed by atoms with E-state index in [1.165, 1.54) is 0 Å². The molecule has 0 spiro atoms. The third-order valence-corrected chi connectivity index (χ3v) is 3.36. The van der Waals surface area contributed by atoms with Gasteiger partial charge in [-0.3, -0.25) is 14.0 Å².